The molecule has 0 aliphatic heterocycles. The Kier molecular flexibility index (Phi) is 4.27. The summed E-state index contributed by atoms with van der Waals surface area (Å²) in [4.78, 5) is 11.9. The molecular formula is C14H15BrN2O2. The lowest BCUT2D eigenvalue weighted by atomic mass is 10.1. The maximum Gasteiger partial charge on any atom is 0.264 e. The first-order valence-electron chi connectivity index (χ1n) is 5.88. The van der Waals surface area contributed by atoms with E-state index in [9.17, 15) is 4.79 Å². The number of aromatic nitrogens is 1. The molecule has 0 saturated heterocycles. The van der Waals surface area contributed by atoms with E-state index in [0.29, 0.717) is 16.7 Å². The summed E-state index contributed by atoms with van der Waals surface area (Å²) < 4.78 is 7.21. The largest absolute Gasteiger partial charge is 0.497 e. The summed E-state index contributed by atoms with van der Waals surface area (Å²) in [5.41, 5.74) is 7.38. The lowest BCUT2D eigenvalue weighted by Crippen LogP contribution is -2.21. The lowest BCUT2D eigenvalue weighted by molar-refractivity contribution is 0.414. The number of halogens is 1. The van der Waals surface area contributed by atoms with Crippen molar-refractivity contribution in [3.05, 3.63) is 56.9 Å². The molecule has 0 aliphatic carbocycles. The monoisotopic (exact) mass is 322 g/mol. The topological polar surface area (TPSA) is 57.2 Å². The first kappa shape index (κ1) is 13.7. The van der Waals surface area contributed by atoms with Gasteiger partial charge in [0.25, 0.3) is 5.56 Å². The summed E-state index contributed by atoms with van der Waals surface area (Å²) >= 11 is 3.21. The first-order chi connectivity index (χ1) is 9.10. The van der Waals surface area contributed by atoms with Crippen molar-refractivity contribution in [2.45, 2.75) is 13.0 Å². The summed E-state index contributed by atoms with van der Waals surface area (Å²) in [6.45, 7) is 0.592. The second-order valence-electron chi connectivity index (χ2n) is 4.22. The Hall–Kier alpha value is -1.75. The molecule has 2 aromatic rings. The molecule has 0 saturated carbocycles. The molecule has 1 heterocycles. The number of nitrogens with two attached hydrogens (primary N) is 1. The number of benzene rings is 1. The van der Waals surface area contributed by atoms with E-state index in [1.54, 1.807) is 23.9 Å². The number of ether oxygens (including phenoxy) is 1. The molecule has 1 aromatic carbocycles. The molecule has 1 aromatic heterocycles. The number of nitrogen functional groups attached to an aromatic ring is 1. The second kappa shape index (κ2) is 5.93. The fourth-order valence-corrected chi connectivity index (χ4v) is 2.32. The van der Waals surface area contributed by atoms with Crippen LogP contribution < -0.4 is 16.0 Å². The number of hydrogen-bond donors (Lipinski definition) is 1. The summed E-state index contributed by atoms with van der Waals surface area (Å²) in [6.07, 6.45) is 2.43. The van der Waals surface area contributed by atoms with Crippen molar-refractivity contribution in [3.63, 3.8) is 0 Å². The van der Waals surface area contributed by atoms with Gasteiger partial charge in [-0.3, -0.25) is 4.79 Å². The third-order valence-corrected chi connectivity index (χ3v) is 3.43. The Morgan fingerprint density at radius 2 is 2.00 bits per heavy atom. The van der Waals surface area contributed by atoms with Gasteiger partial charge in [-0.15, -0.1) is 0 Å². The fraction of sp³-hybridized carbons (Fsp3) is 0.214. The van der Waals surface area contributed by atoms with Crippen LogP contribution in [0.15, 0.2) is 45.8 Å². The Morgan fingerprint density at radius 1 is 1.32 bits per heavy atom. The van der Waals surface area contributed by atoms with Crippen molar-refractivity contribution >= 4 is 21.6 Å². The van der Waals surface area contributed by atoms with E-state index >= 15 is 0 Å². The zero-order chi connectivity index (χ0) is 13.8. The maximum absolute atomic E-state index is 11.9. The molecule has 0 bridgehead atoms. The smallest absolute Gasteiger partial charge is 0.264 e. The van der Waals surface area contributed by atoms with Gasteiger partial charge in [0, 0.05) is 18.4 Å². The number of hydrogen-bond acceptors (Lipinski definition) is 3. The minimum Gasteiger partial charge on any atom is -0.497 e. The van der Waals surface area contributed by atoms with Gasteiger partial charge in [-0.1, -0.05) is 12.1 Å². The molecule has 0 unspecified atom stereocenters. The van der Waals surface area contributed by atoms with E-state index in [2.05, 4.69) is 15.9 Å². The predicted molar refractivity (Wildman–Crippen MR) is 79.5 cm³/mol. The predicted octanol–water partition coefficient (Wildman–Crippen LogP) is 2.44. The van der Waals surface area contributed by atoms with Crippen molar-refractivity contribution in [2.24, 2.45) is 0 Å². The number of rotatable bonds is 4. The van der Waals surface area contributed by atoms with E-state index in [4.69, 9.17) is 10.5 Å². The van der Waals surface area contributed by atoms with Gasteiger partial charge in [-0.25, -0.2) is 0 Å². The van der Waals surface area contributed by atoms with Crippen molar-refractivity contribution in [2.75, 3.05) is 12.8 Å². The van der Waals surface area contributed by atoms with Gasteiger partial charge in [-0.05, 0) is 46.1 Å². The second-order valence-corrected chi connectivity index (χ2v) is 5.07. The van der Waals surface area contributed by atoms with Gasteiger partial charge in [-0.2, -0.15) is 0 Å². The number of nitrogens with zero attached hydrogens (tertiary/aromatic N) is 1. The highest BCUT2D eigenvalue weighted by Crippen LogP contribution is 2.13. The third kappa shape index (κ3) is 3.38. The molecule has 0 atom stereocenters. The maximum atomic E-state index is 11.9. The first-order valence-corrected chi connectivity index (χ1v) is 6.68. The van der Waals surface area contributed by atoms with Crippen LogP contribution in [0.1, 0.15) is 5.56 Å². The normalized spacial score (nSPS) is 10.4. The van der Waals surface area contributed by atoms with Crippen molar-refractivity contribution in [3.8, 4) is 5.75 Å². The van der Waals surface area contributed by atoms with E-state index in [1.165, 1.54) is 0 Å². The van der Waals surface area contributed by atoms with Crippen LogP contribution in [0.5, 0.6) is 5.75 Å². The van der Waals surface area contributed by atoms with E-state index < -0.39 is 0 Å². The van der Waals surface area contributed by atoms with E-state index in [0.717, 1.165) is 17.7 Å². The summed E-state index contributed by atoms with van der Waals surface area (Å²) in [5.74, 6) is 0.826. The van der Waals surface area contributed by atoms with Crippen LogP contribution in [0, 0.1) is 0 Å². The van der Waals surface area contributed by atoms with Crippen LogP contribution in [-0.4, -0.2) is 11.7 Å². The lowest BCUT2D eigenvalue weighted by Gasteiger charge is -2.08. The minimum absolute atomic E-state index is 0.0669. The van der Waals surface area contributed by atoms with Gasteiger partial charge in [0.15, 0.2) is 0 Å². The van der Waals surface area contributed by atoms with Gasteiger partial charge in [0.05, 0.1) is 11.6 Å². The third-order valence-electron chi connectivity index (χ3n) is 2.86. The molecule has 5 heteroatoms. The molecule has 2 rings (SSSR count). The van der Waals surface area contributed by atoms with Crippen LogP contribution in [-0.2, 0) is 13.0 Å². The highest BCUT2D eigenvalue weighted by Gasteiger charge is 2.03. The highest BCUT2D eigenvalue weighted by molar-refractivity contribution is 9.10. The molecule has 100 valence electrons. The average molecular weight is 323 g/mol. The molecule has 0 aliphatic rings. The van der Waals surface area contributed by atoms with Gasteiger partial charge in [0.1, 0.15) is 5.75 Å². The van der Waals surface area contributed by atoms with Crippen LogP contribution in [0.3, 0.4) is 0 Å². The van der Waals surface area contributed by atoms with Crippen LogP contribution in [0.4, 0.5) is 5.69 Å². The van der Waals surface area contributed by atoms with Crippen molar-refractivity contribution in [1.29, 1.82) is 0 Å². The molecule has 19 heavy (non-hydrogen) atoms. The number of methoxy groups -OCH3 is 1. The Bertz CT molecular complexity index is 620. The van der Waals surface area contributed by atoms with E-state index in [1.807, 2.05) is 24.3 Å². The van der Waals surface area contributed by atoms with Crippen LogP contribution in [0.2, 0.25) is 0 Å². The molecule has 0 fully saturated rings. The van der Waals surface area contributed by atoms with Gasteiger partial charge >= 0.3 is 0 Å². The highest BCUT2D eigenvalue weighted by atomic mass is 79.9. The SMILES string of the molecule is COc1ccc(CCn2cc(N)cc(Br)c2=O)cc1. The Labute approximate surface area is 119 Å². The standard InChI is InChI=1S/C14H15BrN2O2/c1-19-12-4-2-10(3-5-12)6-7-17-9-11(16)8-13(15)14(17)18/h2-5,8-9H,6-7,16H2,1H3. The molecule has 0 amide bonds. The molecule has 4 nitrogen and oxygen atoms in total. The van der Waals surface area contributed by atoms with Gasteiger partial charge in [0.2, 0.25) is 0 Å². The quantitative estimate of drug-likeness (QED) is 0.940. The van der Waals surface area contributed by atoms with Crippen LogP contribution in [0.25, 0.3) is 0 Å². The number of anilines is 1. The fourth-order valence-electron chi connectivity index (χ4n) is 1.83. The zero-order valence-electron chi connectivity index (χ0n) is 10.6. The van der Waals surface area contributed by atoms with E-state index in [-0.39, 0.29) is 5.56 Å². The number of aryl methyl sites for hydroxylation is 2. The zero-order valence-corrected chi connectivity index (χ0v) is 12.2. The van der Waals surface area contributed by atoms with Crippen molar-refractivity contribution in [1.82, 2.24) is 4.57 Å². The molecule has 0 radical (unpaired) electrons. The summed E-state index contributed by atoms with van der Waals surface area (Å²) in [6, 6.07) is 9.42. The van der Waals surface area contributed by atoms with Crippen LogP contribution >= 0.6 is 15.9 Å². The Balaban J connectivity index is 2.12. The Morgan fingerprint density at radius 3 is 2.63 bits per heavy atom. The average Bonchev–Trinajstić information content (AvgIpc) is 2.41. The summed E-state index contributed by atoms with van der Waals surface area (Å²) in [7, 11) is 1.64. The van der Waals surface area contributed by atoms with Crippen molar-refractivity contribution < 1.29 is 4.74 Å². The summed E-state index contributed by atoms with van der Waals surface area (Å²) in [5, 5.41) is 0. The molecule has 2 N–H and O–H groups in total. The molecule has 0 spiro atoms. The minimum atomic E-state index is -0.0669. The van der Waals surface area contributed by atoms with Gasteiger partial charge < -0.3 is 15.0 Å². The molecular weight excluding hydrogens is 308 g/mol. The number of pyridine rings is 1.